The van der Waals surface area contributed by atoms with Gasteiger partial charge in [-0.1, -0.05) is 13.3 Å². The lowest BCUT2D eigenvalue weighted by Gasteiger charge is -2.13. The molecule has 0 aliphatic carbocycles. The predicted molar refractivity (Wildman–Crippen MR) is 101 cm³/mol. The fourth-order valence-electron chi connectivity index (χ4n) is 2.86. The van der Waals surface area contributed by atoms with E-state index in [1.165, 1.54) is 0 Å². The zero-order valence-electron chi connectivity index (χ0n) is 15.3. The second-order valence-electron chi connectivity index (χ2n) is 6.29. The molecule has 0 spiro atoms. The molecule has 7 heteroatoms. The summed E-state index contributed by atoms with van der Waals surface area (Å²) >= 11 is 0. The molecule has 0 unspecified atom stereocenters. The Morgan fingerprint density at radius 1 is 1.26 bits per heavy atom. The topological polar surface area (TPSA) is 94.3 Å². The van der Waals surface area contributed by atoms with Gasteiger partial charge in [-0.05, 0) is 43.7 Å². The van der Waals surface area contributed by atoms with E-state index in [4.69, 9.17) is 4.74 Å². The molecule has 1 aromatic carbocycles. The number of hydrogen-bond acceptors (Lipinski definition) is 5. The molecule has 0 fully saturated rings. The van der Waals surface area contributed by atoms with E-state index in [2.05, 4.69) is 16.9 Å². The van der Waals surface area contributed by atoms with Crippen LogP contribution in [0.15, 0.2) is 30.3 Å². The van der Waals surface area contributed by atoms with E-state index in [1.807, 2.05) is 19.1 Å². The lowest BCUT2D eigenvalue weighted by molar-refractivity contribution is 0.0679. The lowest BCUT2D eigenvalue weighted by Crippen LogP contribution is -2.13. The summed E-state index contributed by atoms with van der Waals surface area (Å²) in [4.78, 5) is 31.6. The average Bonchev–Trinajstić information content (AvgIpc) is 3.01. The summed E-state index contributed by atoms with van der Waals surface area (Å²) in [5.41, 5.74) is 2.98. The average molecular weight is 367 g/mol. The van der Waals surface area contributed by atoms with Crippen LogP contribution in [0.4, 0.5) is 0 Å². The van der Waals surface area contributed by atoms with Crippen molar-refractivity contribution < 1.29 is 19.4 Å². The molecule has 27 heavy (non-hydrogen) atoms. The van der Waals surface area contributed by atoms with Gasteiger partial charge < -0.3 is 14.4 Å². The van der Waals surface area contributed by atoms with Crippen LogP contribution in [-0.4, -0.2) is 38.5 Å². The molecule has 140 valence electrons. The number of rotatable bonds is 8. The van der Waals surface area contributed by atoms with Gasteiger partial charge in [-0.15, -0.1) is 0 Å². The summed E-state index contributed by atoms with van der Waals surface area (Å²) in [7, 11) is 0. The molecule has 3 aromatic rings. The van der Waals surface area contributed by atoms with Crippen LogP contribution in [0.2, 0.25) is 0 Å². The molecule has 0 radical (unpaired) electrons. The van der Waals surface area contributed by atoms with Gasteiger partial charge >= 0.3 is 5.97 Å². The Labute approximate surface area is 156 Å². The number of hydrogen-bond donors (Lipinski definition) is 1. The molecule has 1 N–H and O–H groups in total. The van der Waals surface area contributed by atoms with Crippen LogP contribution in [0.1, 0.15) is 52.1 Å². The lowest BCUT2D eigenvalue weighted by atomic mass is 10.2. The first-order chi connectivity index (χ1) is 13.0. The number of aldehydes is 1. The number of ether oxygens (including phenoxy) is 1. The van der Waals surface area contributed by atoms with Crippen LogP contribution in [0.3, 0.4) is 0 Å². The van der Waals surface area contributed by atoms with Crippen molar-refractivity contribution in [1.82, 2.24) is 14.5 Å². The minimum absolute atomic E-state index is 0.101. The first-order valence-corrected chi connectivity index (χ1v) is 8.81. The SMILES string of the molecule is CCCCOc1ccc(C)nc1Cn1c(C(=O)O)nc2ccc(C=O)cc21. The number of benzene rings is 1. The smallest absolute Gasteiger partial charge is 0.372 e. The molecule has 2 aromatic heterocycles. The quantitative estimate of drug-likeness (QED) is 0.484. The van der Waals surface area contributed by atoms with E-state index < -0.39 is 5.97 Å². The fraction of sp³-hybridized carbons (Fsp3) is 0.300. The largest absolute Gasteiger partial charge is 0.492 e. The van der Waals surface area contributed by atoms with Crippen LogP contribution < -0.4 is 4.74 Å². The number of carbonyl (C=O) groups excluding carboxylic acids is 1. The highest BCUT2D eigenvalue weighted by molar-refractivity contribution is 5.92. The standard InChI is InChI=1S/C20H21N3O4/c1-3-4-9-27-18-8-5-13(2)21-16(18)11-23-17-10-14(12-24)6-7-15(17)22-19(23)20(25)26/h5-8,10,12H,3-4,9,11H2,1-2H3,(H,25,26). The Kier molecular flexibility index (Phi) is 5.49. The zero-order chi connectivity index (χ0) is 19.4. The van der Waals surface area contributed by atoms with Crippen molar-refractivity contribution in [2.75, 3.05) is 6.61 Å². The van der Waals surface area contributed by atoms with Crippen LogP contribution in [-0.2, 0) is 6.54 Å². The van der Waals surface area contributed by atoms with Gasteiger partial charge in [0.05, 0.1) is 24.2 Å². The predicted octanol–water partition coefficient (Wildman–Crippen LogP) is 3.48. The number of aryl methyl sites for hydroxylation is 1. The Morgan fingerprint density at radius 2 is 2.07 bits per heavy atom. The monoisotopic (exact) mass is 367 g/mol. The molecule has 7 nitrogen and oxygen atoms in total. The maximum absolute atomic E-state index is 11.7. The maximum atomic E-state index is 11.7. The van der Waals surface area contributed by atoms with Crippen LogP contribution >= 0.6 is 0 Å². The number of aromatic carboxylic acids is 1. The molecule has 0 saturated heterocycles. The maximum Gasteiger partial charge on any atom is 0.372 e. The van der Waals surface area contributed by atoms with Gasteiger partial charge in [0, 0.05) is 11.3 Å². The molecule has 0 aliphatic rings. The Hall–Kier alpha value is -3.22. The van der Waals surface area contributed by atoms with Gasteiger partial charge in [-0.2, -0.15) is 0 Å². The van der Waals surface area contributed by atoms with E-state index in [-0.39, 0.29) is 12.4 Å². The minimum Gasteiger partial charge on any atom is -0.492 e. The van der Waals surface area contributed by atoms with Crippen molar-refractivity contribution in [3.63, 3.8) is 0 Å². The van der Waals surface area contributed by atoms with Crippen molar-refractivity contribution in [2.45, 2.75) is 33.2 Å². The van der Waals surface area contributed by atoms with Crippen molar-refractivity contribution in [3.05, 3.63) is 53.1 Å². The van der Waals surface area contributed by atoms with Crippen LogP contribution in [0, 0.1) is 6.92 Å². The van der Waals surface area contributed by atoms with Gasteiger partial charge in [0.2, 0.25) is 5.82 Å². The second kappa shape index (κ2) is 7.99. The van der Waals surface area contributed by atoms with E-state index in [9.17, 15) is 14.7 Å². The van der Waals surface area contributed by atoms with Crippen LogP contribution in [0.25, 0.3) is 11.0 Å². The molecule has 0 atom stereocenters. The molecule has 0 saturated carbocycles. The molecule has 3 rings (SSSR count). The Balaban J connectivity index is 2.07. The molecule has 0 amide bonds. The normalized spacial score (nSPS) is 10.9. The van der Waals surface area contributed by atoms with E-state index in [0.717, 1.165) is 24.8 Å². The van der Waals surface area contributed by atoms with Gasteiger partial charge in [0.1, 0.15) is 17.7 Å². The number of aromatic nitrogens is 3. The van der Waals surface area contributed by atoms with Crippen molar-refractivity contribution >= 4 is 23.3 Å². The third kappa shape index (κ3) is 3.97. The first-order valence-electron chi connectivity index (χ1n) is 8.81. The highest BCUT2D eigenvalue weighted by atomic mass is 16.5. The number of nitrogens with zero attached hydrogens (tertiary/aromatic N) is 3. The van der Waals surface area contributed by atoms with Gasteiger partial charge in [-0.25, -0.2) is 9.78 Å². The molecule has 2 heterocycles. The molecule has 0 aliphatic heterocycles. The minimum atomic E-state index is -1.14. The van der Waals surface area contributed by atoms with Crippen molar-refractivity contribution in [3.8, 4) is 5.75 Å². The summed E-state index contributed by atoms with van der Waals surface area (Å²) in [6.45, 7) is 4.70. The Bertz CT molecular complexity index is 994. The van der Waals surface area contributed by atoms with Gasteiger partial charge in [-0.3, -0.25) is 9.78 Å². The fourth-order valence-corrected chi connectivity index (χ4v) is 2.86. The third-order valence-corrected chi connectivity index (χ3v) is 4.23. The number of carboxylic acids is 1. The van der Waals surface area contributed by atoms with Crippen LogP contribution in [0.5, 0.6) is 5.75 Å². The summed E-state index contributed by atoms with van der Waals surface area (Å²) in [5.74, 6) is -0.616. The van der Waals surface area contributed by atoms with Gasteiger partial charge in [0.15, 0.2) is 0 Å². The van der Waals surface area contributed by atoms with E-state index in [0.29, 0.717) is 34.6 Å². The zero-order valence-corrected chi connectivity index (χ0v) is 15.3. The highest BCUT2D eigenvalue weighted by Gasteiger charge is 2.19. The van der Waals surface area contributed by atoms with Crippen molar-refractivity contribution in [1.29, 1.82) is 0 Å². The van der Waals surface area contributed by atoms with Crippen molar-refractivity contribution in [2.24, 2.45) is 0 Å². The number of fused-ring (bicyclic) bond motifs is 1. The number of pyridine rings is 1. The Morgan fingerprint density at radius 3 is 2.78 bits per heavy atom. The first kappa shape index (κ1) is 18.6. The number of carbonyl (C=O) groups is 2. The third-order valence-electron chi connectivity index (χ3n) is 4.23. The number of unbranched alkanes of at least 4 members (excludes halogenated alkanes) is 1. The second-order valence-corrected chi connectivity index (χ2v) is 6.29. The number of carboxylic acid groups (broad SMARTS) is 1. The van der Waals surface area contributed by atoms with E-state index >= 15 is 0 Å². The summed E-state index contributed by atoms with van der Waals surface area (Å²) in [6, 6.07) is 8.60. The summed E-state index contributed by atoms with van der Waals surface area (Å²) < 4.78 is 7.39. The van der Waals surface area contributed by atoms with E-state index in [1.54, 1.807) is 22.8 Å². The highest BCUT2D eigenvalue weighted by Crippen LogP contribution is 2.23. The van der Waals surface area contributed by atoms with Gasteiger partial charge in [0.25, 0.3) is 0 Å². The molecular weight excluding hydrogens is 346 g/mol. The molecular formula is C20H21N3O4. The summed E-state index contributed by atoms with van der Waals surface area (Å²) in [6.07, 6.45) is 2.66. The number of imidazole rings is 1. The molecule has 0 bridgehead atoms. The summed E-state index contributed by atoms with van der Waals surface area (Å²) in [5, 5.41) is 9.56.